The van der Waals surface area contributed by atoms with Gasteiger partial charge in [-0.25, -0.2) is 0 Å². The Hall–Kier alpha value is -0.590. The molecule has 1 aliphatic rings. The minimum Gasteiger partial charge on any atom is -0.379 e. The SMILES string of the molecule is CCCC1CCC(C#N)C(OCCOCC)C1. The molecule has 3 unspecified atom stereocenters. The van der Waals surface area contributed by atoms with Gasteiger partial charge in [0.1, 0.15) is 0 Å². The third-order valence-corrected chi connectivity index (χ3v) is 3.53. The van der Waals surface area contributed by atoms with E-state index in [1.165, 1.54) is 19.3 Å². The summed E-state index contributed by atoms with van der Waals surface area (Å²) in [5.41, 5.74) is 0. The van der Waals surface area contributed by atoms with Crippen molar-refractivity contribution < 1.29 is 9.47 Å². The largest absolute Gasteiger partial charge is 0.379 e. The molecule has 3 nitrogen and oxygen atoms in total. The van der Waals surface area contributed by atoms with Crippen molar-refractivity contribution in [1.29, 1.82) is 5.26 Å². The predicted molar refractivity (Wildman–Crippen MR) is 67.6 cm³/mol. The van der Waals surface area contributed by atoms with Crippen LogP contribution in [-0.2, 0) is 9.47 Å². The Labute approximate surface area is 105 Å². The fourth-order valence-electron chi connectivity index (χ4n) is 2.62. The van der Waals surface area contributed by atoms with Crippen LogP contribution in [0.5, 0.6) is 0 Å². The monoisotopic (exact) mass is 239 g/mol. The van der Waals surface area contributed by atoms with Gasteiger partial charge in [-0.3, -0.25) is 0 Å². The van der Waals surface area contributed by atoms with Gasteiger partial charge >= 0.3 is 0 Å². The van der Waals surface area contributed by atoms with E-state index in [1.54, 1.807) is 0 Å². The fraction of sp³-hybridized carbons (Fsp3) is 0.929. The van der Waals surface area contributed by atoms with Crippen LogP contribution in [-0.4, -0.2) is 25.9 Å². The summed E-state index contributed by atoms with van der Waals surface area (Å²) in [4.78, 5) is 0. The average Bonchev–Trinajstić information content (AvgIpc) is 2.35. The molecule has 0 saturated heterocycles. The van der Waals surface area contributed by atoms with Gasteiger partial charge in [0.15, 0.2) is 0 Å². The molecule has 0 amide bonds. The van der Waals surface area contributed by atoms with Crippen LogP contribution in [0.1, 0.15) is 46.0 Å². The highest BCUT2D eigenvalue weighted by atomic mass is 16.5. The number of hydrogen-bond donors (Lipinski definition) is 0. The lowest BCUT2D eigenvalue weighted by atomic mass is 9.78. The van der Waals surface area contributed by atoms with E-state index in [0.717, 1.165) is 25.4 Å². The zero-order valence-corrected chi connectivity index (χ0v) is 11.2. The second-order valence-corrected chi connectivity index (χ2v) is 4.81. The molecule has 0 aromatic heterocycles. The zero-order chi connectivity index (χ0) is 12.5. The van der Waals surface area contributed by atoms with Crippen molar-refractivity contribution in [3.05, 3.63) is 0 Å². The maximum atomic E-state index is 9.12. The van der Waals surface area contributed by atoms with Gasteiger partial charge in [-0.1, -0.05) is 19.8 Å². The summed E-state index contributed by atoms with van der Waals surface area (Å²) in [5, 5.41) is 9.12. The predicted octanol–water partition coefficient (Wildman–Crippen LogP) is 3.15. The molecule has 1 saturated carbocycles. The quantitative estimate of drug-likeness (QED) is 0.641. The third kappa shape index (κ3) is 5.06. The Kier molecular flexibility index (Phi) is 7.23. The first-order valence-electron chi connectivity index (χ1n) is 6.90. The molecule has 3 atom stereocenters. The molecular formula is C14H25NO2. The van der Waals surface area contributed by atoms with Crippen LogP contribution < -0.4 is 0 Å². The van der Waals surface area contributed by atoms with Crippen LogP contribution in [0.3, 0.4) is 0 Å². The topological polar surface area (TPSA) is 42.2 Å². The van der Waals surface area contributed by atoms with E-state index in [4.69, 9.17) is 14.7 Å². The molecule has 1 fully saturated rings. The summed E-state index contributed by atoms with van der Waals surface area (Å²) in [6.07, 6.45) is 5.87. The summed E-state index contributed by atoms with van der Waals surface area (Å²) in [7, 11) is 0. The summed E-state index contributed by atoms with van der Waals surface area (Å²) in [5.74, 6) is 0.839. The first kappa shape index (κ1) is 14.5. The van der Waals surface area contributed by atoms with Crippen molar-refractivity contribution in [1.82, 2.24) is 0 Å². The lowest BCUT2D eigenvalue weighted by Gasteiger charge is -2.32. The van der Waals surface area contributed by atoms with Crippen molar-refractivity contribution >= 4 is 0 Å². The molecule has 0 N–H and O–H groups in total. The van der Waals surface area contributed by atoms with Crippen LogP contribution in [0.2, 0.25) is 0 Å². The first-order valence-corrected chi connectivity index (χ1v) is 6.90. The van der Waals surface area contributed by atoms with Crippen molar-refractivity contribution in [3.63, 3.8) is 0 Å². The molecule has 0 radical (unpaired) electrons. The van der Waals surface area contributed by atoms with Crippen LogP contribution in [0.4, 0.5) is 0 Å². The van der Waals surface area contributed by atoms with Crippen molar-refractivity contribution in [2.75, 3.05) is 19.8 Å². The van der Waals surface area contributed by atoms with E-state index in [0.29, 0.717) is 13.2 Å². The molecule has 0 aromatic rings. The molecule has 0 bridgehead atoms. The summed E-state index contributed by atoms with van der Waals surface area (Å²) in [6, 6.07) is 2.39. The number of nitrogens with zero attached hydrogens (tertiary/aromatic N) is 1. The molecule has 98 valence electrons. The van der Waals surface area contributed by atoms with E-state index in [1.807, 2.05) is 6.92 Å². The Bertz CT molecular complexity index is 237. The van der Waals surface area contributed by atoms with Gasteiger partial charge in [-0.05, 0) is 32.1 Å². The highest BCUT2D eigenvalue weighted by molar-refractivity contribution is 4.93. The van der Waals surface area contributed by atoms with Crippen molar-refractivity contribution in [3.8, 4) is 6.07 Å². The maximum absolute atomic E-state index is 9.12. The first-order chi connectivity index (χ1) is 8.31. The average molecular weight is 239 g/mol. The second-order valence-electron chi connectivity index (χ2n) is 4.81. The molecule has 17 heavy (non-hydrogen) atoms. The minimum atomic E-state index is 0.0877. The van der Waals surface area contributed by atoms with Crippen LogP contribution >= 0.6 is 0 Å². The molecule has 0 aliphatic heterocycles. The van der Waals surface area contributed by atoms with Crippen molar-refractivity contribution in [2.45, 2.75) is 52.1 Å². The zero-order valence-electron chi connectivity index (χ0n) is 11.2. The van der Waals surface area contributed by atoms with Gasteiger partial charge in [-0.15, -0.1) is 0 Å². The van der Waals surface area contributed by atoms with Gasteiger partial charge in [0, 0.05) is 6.61 Å². The van der Waals surface area contributed by atoms with E-state index >= 15 is 0 Å². The summed E-state index contributed by atoms with van der Waals surface area (Å²) >= 11 is 0. The standard InChI is InChI=1S/C14H25NO2/c1-3-5-12-6-7-13(11-15)14(10-12)17-9-8-16-4-2/h12-14H,3-10H2,1-2H3. The number of ether oxygens (including phenoxy) is 2. The molecule has 0 aromatic carbocycles. The Morgan fingerprint density at radius 2 is 2.06 bits per heavy atom. The van der Waals surface area contributed by atoms with E-state index in [-0.39, 0.29) is 12.0 Å². The van der Waals surface area contributed by atoms with Gasteiger partial charge in [0.2, 0.25) is 0 Å². The molecule has 3 heteroatoms. The second kappa shape index (κ2) is 8.49. The van der Waals surface area contributed by atoms with Gasteiger partial charge in [0.25, 0.3) is 0 Å². The number of nitriles is 1. The third-order valence-electron chi connectivity index (χ3n) is 3.53. The molecule has 1 aliphatic carbocycles. The number of rotatable bonds is 7. The smallest absolute Gasteiger partial charge is 0.0737 e. The normalized spacial score (nSPS) is 28.9. The summed E-state index contributed by atoms with van der Waals surface area (Å²) < 4.78 is 11.1. The Morgan fingerprint density at radius 1 is 1.24 bits per heavy atom. The minimum absolute atomic E-state index is 0.0877. The lowest BCUT2D eigenvalue weighted by molar-refractivity contribution is -0.0356. The lowest BCUT2D eigenvalue weighted by Crippen LogP contribution is -2.32. The molecule has 0 heterocycles. The highest BCUT2D eigenvalue weighted by Gasteiger charge is 2.30. The van der Waals surface area contributed by atoms with Crippen LogP contribution in [0.15, 0.2) is 0 Å². The van der Waals surface area contributed by atoms with Crippen molar-refractivity contribution in [2.24, 2.45) is 11.8 Å². The molecule has 0 spiro atoms. The Morgan fingerprint density at radius 3 is 2.71 bits per heavy atom. The van der Waals surface area contributed by atoms with Crippen LogP contribution in [0.25, 0.3) is 0 Å². The highest BCUT2D eigenvalue weighted by Crippen LogP contribution is 2.33. The summed E-state index contributed by atoms with van der Waals surface area (Å²) in [6.45, 7) is 6.20. The Balaban J connectivity index is 2.32. The van der Waals surface area contributed by atoms with Gasteiger partial charge in [-0.2, -0.15) is 5.26 Å². The number of hydrogen-bond acceptors (Lipinski definition) is 3. The van der Waals surface area contributed by atoms with E-state index < -0.39 is 0 Å². The van der Waals surface area contributed by atoms with Gasteiger partial charge < -0.3 is 9.47 Å². The van der Waals surface area contributed by atoms with Crippen LogP contribution in [0, 0.1) is 23.2 Å². The van der Waals surface area contributed by atoms with E-state index in [2.05, 4.69) is 13.0 Å². The fourth-order valence-corrected chi connectivity index (χ4v) is 2.62. The molecular weight excluding hydrogens is 214 g/mol. The maximum Gasteiger partial charge on any atom is 0.0737 e. The van der Waals surface area contributed by atoms with E-state index in [9.17, 15) is 0 Å². The van der Waals surface area contributed by atoms with Gasteiger partial charge in [0.05, 0.1) is 31.3 Å². The molecule has 1 rings (SSSR count).